The van der Waals surface area contributed by atoms with Crippen molar-refractivity contribution in [2.45, 2.75) is 93.7 Å². The summed E-state index contributed by atoms with van der Waals surface area (Å²) in [5.41, 5.74) is -0.557. The average molecular weight is 764 g/mol. The number of carbonyl (C=O) groups is 4. The molecular formula is C38H39F2N5O8S. The van der Waals surface area contributed by atoms with E-state index in [9.17, 15) is 36.4 Å². The summed E-state index contributed by atoms with van der Waals surface area (Å²) in [6.07, 6.45) is 6.94. The van der Waals surface area contributed by atoms with E-state index in [1.54, 1.807) is 0 Å². The van der Waals surface area contributed by atoms with Crippen LogP contribution in [0.1, 0.15) is 64.7 Å². The topological polar surface area (TPSA) is 177 Å². The Morgan fingerprint density at radius 3 is 2.59 bits per heavy atom. The highest BCUT2D eigenvalue weighted by Gasteiger charge is 2.62. The van der Waals surface area contributed by atoms with Gasteiger partial charge in [-0.2, -0.15) is 0 Å². The van der Waals surface area contributed by atoms with E-state index < -0.39 is 80.2 Å². The second kappa shape index (κ2) is 13.6. The molecule has 2 aromatic carbocycles. The van der Waals surface area contributed by atoms with E-state index in [4.69, 9.17) is 9.15 Å². The number of benzene rings is 2. The summed E-state index contributed by atoms with van der Waals surface area (Å²) < 4.78 is 69.3. The van der Waals surface area contributed by atoms with Crippen LogP contribution in [0.4, 0.5) is 8.78 Å². The number of nitrogens with zero attached hydrogens (tertiary/aromatic N) is 2. The number of allylic oxidation sites excluding steroid dienone is 1. The number of pyridine rings is 1. The Morgan fingerprint density at radius 1 is 1.04 bits per heavy atom. The maximum Gasteiger partial charge on any atom is 0.259 e. The van der Waals surface area contributed by atoms with Gasteiger partial charge in [-0.25, -0.2) is 22.2 Å². The van der Waals surface area contributed by atoms with Crippen LogP contribution < -0.4 is 20.1 Å². The van der Waals surface area contributed by atoms with Gasteiger partial charge in [-0.3, -0.25) is 23.9 Å². The normalized spacial score (nSPS) is 26.5. The van der Waals surface area contributed by atoms with E-state index >= 15 is 0 Å². The molecule has 2 aromatic heterocycles. The molecule has 2 aliphatic heterocycles. The van der Waals surface area contributed by atoms with Gasteiger partial charge in [0.1, 0.15) is 46.5 Å². The molecule has 3 N–H and O–H groups in total. The Hall–Kier alpha value is -5.12. The summed E-state index contributed by atoms with van der Waals surface area (Å²) in [5, 5.41) is 5.64. The Balaban J connectivity index is 1.16. The van der Waals surface area contributed by atoms with Crippen molar-refractivity contribution in [3.8, 4) is 5.75 Å². The number of amides is 4. The van der Waals surface area contributed by atoms with Gasteiger partial charge in [0.05, 0.1) is 17.3 Å². The molecule has 0 spiro atoms. The number of hydrogen-bond donors (Lipinski definition) is 3. The first kappa shape index (κ1) is 35.9. The van der Waals surface area contributed by atoms with Crippen molar-refractivity contribution in [2.24, 2.45) is 5.92 Å². The number of aromatic nitrogens is 1. The molecular weight excluding hydrogens is 725 g/mol. The van der Waals surface area contributed by atoms with E-state index in [1.165, 1.54) is 48.2 Å². The van der Waals surface area contributed by atoms with E-state index in [2.05, 4.69) is 20.3 Å². The molecule has 54 heavy (non-hydrogen) atoms. The van der Waals surface area contributed by atoms with Crippen molar-refractivity contribution < 1.29 is 45.5 Å². The van der Waals surface area contributed by atoms with Crippen molar-refractivity contribution in [1.29, 1.82) is 0 Å². The Morgan fingerprint density at radius 2 is 1.81 bits per heavy atom. The third-order valence-corrected chi connectivity index (χ3v) is 12.6. The molecule has 16 heteroatoms. The summed E-state index contributed by atoms with van der Waals surface area (Å²) in [5.74, 6) is -4.00. The Bertz CT molecular complexity index is 2360. The van der Waals surface area contributed by atoms with Crippen LogP contribution in [-0.4, -0.2) is 77.5 Å². The van der Waals surface area contributed by atoms with Crippen molar-refractivity contribution in [1.82, 2.24) is 25.2 Å². The summed E-state index contributed by atoms with van der Waals surface area (Å²) >= 11 is 0. The van der Waals surface area contributed by atoms with Crippen LogP contribution >= 0.6 is 0 Å². The lowest BCUT2D eigenvalue weighted by Crippen LogP contribution is -2.58. The molecule has 4 aliphatic rings. The summed E-state index contributed by atoms with van der Waals surface area (Å²) in [6.45, 7) is 1.16. The highest BCUT2D eigenvalue weighted by molar-refractivity contribution is 7.91. The first-order chi connectivity index (χ1) is 25.8. The van der Waals surface area contributed by atoms with Crippen LogP contribution in [0.2, 0.25) is 0 Å². The van der Waals surface area contributed by atoms with Crippen LogP contribution in [0.15, 0.2) is 53.0 Å². The standard InChI is InChI=1S/C38H39F2N5O8S/c1-20(46)41-29-8-6-4-2-3-5-7-21-18-38(21,37(49)44-54(50,51)25-11-12-25)43-35(47)30-17-24(19-45(30)36(29)48)52-33-27-15-22(39)10-14-28(27)42-32-26-13-9-23(40)16-31(26)53-34(32)33/h5,7,9-10,13-16,21,24-25,29-30H,2-4,6,8,11-12,17-19H2,1H3,(H,41,46)(H,43,47)(H,44,49)/t21-,24-,29+,30+,38-/m1/s1. The van der Waals surface area contributed by atoms with Gasteiger partial charge < -0.3 is 24.7 Å². The molecule has 0 bridgehead atoms. The number of ether oxygens (including phenoxy) is 1. The highest BCUT2D eigenvalue weighted by atomic mass is 32.2. The van der Waals surface area contributed by atoms with Crippen molar-refractivity contribution in [2.75, 3.05) is 6.54 Å². The maximum atomic E-state index is 14.7. The third kappa shape index (κ3) is 6.75. The first-order valence-corrected chi connectivity index (χ1v) is 19.8. The SMILES string of the molecule is CC(=O)N[C@H]1CCCCCC=C[C@@H]2C[C@@]2(C(=O)NS(=O)(=O)C2CC2)NC(=O)[C@@H]2C[C@@H](Oc3c4cc(F)ccc4nc4c3oc3cc(F)ccc34)CN2C1=O. The van der Waals surface area contributed by atoms with Gasteiger partial charge in [-0.1, -0.05) is 25.0 Å². The molecule has 1 saturated heterocycles. The van der Waals surface area contributed by atoms with Crippen molar-refractivity contribution >= 4 is 66.6 Å². The number of hydrogen-bond acceptors (Lipinski definition) is 9. The van der Waals surface area contributed by atoms with Gasteiger partial charge in [0, 0.05) is 36.1 Å². The molecule has 0 unspecified atom stereocenters. The molecule has 2 saturated carbocycles. The van der Waals surface area contributed by atoms with E-state index in [1.807, 2.05) is 12.2 Å². The minimum atomic E-state index is -3.93. The van der Waals surface area contributed by atoms with Crippen LogP contribution in [0.5, 0.6) is 5.75 Å². The van der Waals surface area contributed by atoms with Gasteiger partial charge >= 0.3 is 0 Å². The molecule has 8 rings (SSSR count). The van der Waals surface area contributed by atoms with Gasteiger partial charge in [0.15, 0.2) is 11.3 Å². The fourth-order valence-electron chi connectivity index (χ4n) is 7.73. The molecule has 3 fully saturated rings. The molecule has 4 heterocycles. The number of sulfonamides is 1. The van der Waals surface area contributed by atoms with Crippen molar-refractivity contribution in [3.63, 3.8) is 0 Å². The van der Waals surface area contributed by atoms with Crippen LogP contribution in [0, 0.1) is 17.6 Å². The number of halogens is 2. The molecule has 4 amide bonds. The van der Waals surface area contributed by atoms with Gasteiger partial charge in [-0.15, -0.1) is 0 Å². The quantitative estimate of drug-likeness (QED) is 0.242. The predicted octanol–water partition coefficient (Wildman–Crippen LogP) is 4.27. The molecule has 284 valence electrons. The average Bonchev–Trinajstić information content (AvgIpc) is 4.02. The summed E-state index contributed by atoms with van der Waals surface area (Å²) in [4.78, 5) is 60.6. The fourth-order valence-corrected chi connectivity index (χ4v) is 9.09. The minimum absolute atomic E-state index is 0.0821. The molecule has 5 atom stereocenters. The predicted molar refractivity (Wildman–Crippen MR) is 192 cm³/mol. The third-order valence-electron chi connectivity index (χ3n) is 10.8. The lowest BCUT2D eigenvalue weighted by Gasteiger charge is -2.29. The van der Waals surface area contributed by atoms with Crippen LogP contribution in [-0.2, 0) is 29.2 Å². The van der Waals surface area contributed by atoms with E-state index in [0.29, 0.717) is 48.5 Å². The summed E-state index contributed by atoms with van der Waals surface area (Å²) in [6, 6.07) is 5.76. The van der Waals surface area contributed by atoms with Crippen molar-refractivity contribution in [3.05, 3.63) is 60.2 Å². The molecule has 0 radical (unpaired) electrons. The first-order valence-electron chi connectivity index (χ1n) is 18.2. The molecule has 4 aromatic rings. The monoisotopic (exact) mass is 763 g/mol. The maximum absolute atomic E-state index is 14.7. The molecule has 13 nitrogen and oxygen atoms in total. The smallest absolute Gasteiger partial charge is 0.259 e. The highest BCUT2D eigenvalue weighted by Crippen LogP contribution is 2.46. The number of fused-ring (bicyclic) bond motifs is 6. The van der Waals surface area contributed by atoms with Gasteiger partial charge in [0.25, 0.3) is 5.91 Å². The number of furan rings is 1. The summed E-state index contributed by atoms with van der Waals surface area (Å²) in [7, 11) is -3.93. The second-order valence-electron chi connectivity index (χ2n) is 14.8. The number of rotatable bonds is 6. The largest absolute Gasteiger partial charge is 0.484 e. The minimum Gasteiger partial charge on any atom is -0.484 e. The zero-order valence-corrected chi connectivity index (χ0v) is 30.2. The van der Waals surface area contributed by atoms with Gasteiger partial charge in [0.2, 0.25) is 27.7 Å². The Kier molecular flexibility index (Phi) is 9.05. The van der Waals surface area contributed by atoms with E-state index in [0.717, 1.165) is 12.8 Å². The zero-order chi connectivity index (χ0) is 37.9. The lowest BCUT2D eigenvalue weighted by molar-refractivity contribution is -0.142. The van der Waals surface area contributed by atoms with Crippen LogP contribution in [0.25, 0.3) is 33.0 Å². The Labute approximate surface area is 308 Å². The van der Waals surface area contributed by atoms with Crippen LogP contribution in [0.3, 0.4) is 0 Å². The number of carbonyl (C=O) groups excluding carboxylic acids is 4. The number of nitrogens with one attached hydrogen (secondary N) is 3. The second-order valence-corrected chi connectivity index (χ2v) is 16.7. The molecule has 2 aliphatic carbocycles. The van der Waals surface area contributed by atoms with E-state index in [-0.39, 0.29) is 41.7 Å². The lowest BCUT2D eigenvalue weighted by atomic mass is 10.0. The zero-order valence-electron chi connectivity index (χ0n) is 29.4. The fraction of sp³-hybridized carbons (Fsp3) is 0.447. The van der Waals surface area contributed by atoms with Gasteiger partial charge in [-0.05, 0) is 68.9 Å².